The molecule has 0 N–H and O–H groups in total. The summed E-state index contributed by atoms with van der Waals surface area (Å²) < 4.78 is 1.25. The molecule has 0 aliphatic heterocycles. The lowest BCUT2D eigenvalue weighted by Crippen LogP contribution is -2.27. The van der Waals surface area contributed by atoms with E-state index in [0.717, 1.165) is 27.6 Å². The maximum atomic E-state index is 6.48. The number of benzene rings is 2. The van der Waals surface area contributed by atoms with Gasteiger partial charge in [-0.1, -0.05) is 22.1 Å². The predicted molar refractivity (Wildman–Crippen MR) is 109 cm³/mol. The molecule has 2 rings (SSSR count). The van der Waals surface area contributed by atoms with Gasteiger partial charge >= 0.3 is 0 Å². The second-order valence-corrected chi connectivity index (χ2v) is 7.35. The number of halogens is 1. The Kier molecular flexibility index (Phi) is 4.87. The number of hydrogen-bond donors (Lipinski definition) is 0. The Hall–Kier alpha value is -0.700. The van der Waals surface area contributed by atoms with Crippen LogP contribution in [-0.2, 0) is 0 Å². The van der Waals surface area contributed by atoms with Crippen LogP contribution in [0.15, 0.2) is 0 Å². The minimum atomic E-state index is 0.810. The van der Waals surface area contributed by atoms with Crippen LogP contribution in [0.3, 0.4) is 0 Å². The van der Waals surface area contributed by atoms with Crippen molar-refractivity contribution >= 4 is 49.2 Å². The molecule has 0 aromatic heterocycles. The molecule has 3 heteroatoms. The van der Waals surface area contributed by atoms with E-state index in [0.29, 0.717) is 0 Å². The average molecular weight is 398 g/mol. The van der Waals surface area contributed by atoms with Gasteiger partial charge in [0.2, 0.25) is 0 Å². The summed E-state index contributed by atoms with van der Waals surface area (Å²) in [5, 5.41) is 0. The van der Waals surface area contributed by atoms with Crippen molar-refractivity contribution in [3.63, 3.8) is 0 Å². The molecule has 0 saturated heterocycles. The lowest BCUT2D eigenvalue weighted by Gasteiger charge is -2.25. The van der Waals surface area contributed by atoms with Crippen molar-refractivity contribution < 1.29 is 0 Å². The summed E-state index contributed by atoms with van der Waals surface area (Å²) in [6.07, 6.45) is 0. The number of hydrogen-bond acceptors (Lipinski definition) is 0. The molecule has 22 heavy (non-hydrogen) atoms. The van der Waals surface area contributed by atoms with E-state index in [9.17, 15) is 0 Å². The van der Waals surface area contributed by atoms with Gasteiger partial charge in [-0.15, -0.1) is 0 Å². The number of rotatable bonds is 1. The van der Waals surface area contributed by atoms with Crippen LogP contribution in [0.25, 0.3) is 11.1 Å². The average Bonchev–Trinajstić information content (AvgIpc) is 2.50. The molecule has 0 amide bonds. The Morgan fingerprint density at radius 3 is 1.32 bits per heavy atom. The topological polar surface area (TPSA) is 0 Å². The van der Waals surface area contributed by atoms with Gasteiger partial charge in [-0.25, -0.2) is 0 Å². The highest BCUT2D eigenvalue weighted by Crippen LogP contribution is 2.34. The van der Waals surface area contributed by atoms with Gasteiger partial charge in [0, 0.05) is 3.57 Å². The summed E-state index contributed by atoms with van der Waals surface area (Å²) >= 11 is 2.43. The van der Waals surface area contributed by atoms with Gasteiger partial charge in [-0.3, -0.25) is 0 Å². The van der Waals surface area contributed by atoms with Gasteiger partial charge in [0.1, 0.15) is 15.7 Å². The molecule has 0 bridgehead atoms. The third-order valence-electron chi connectivity index (χ3n) is 5.33. The van der Waals surface area contributed by atoms with E-state index in [1.807, 2.05) is 0 Å². The highest BCUT2D eigenvalue weighted by atomic mass is 127. The second-order valence-electron chi connectivity index (χ2n) is 6.27. The SMILES string of the molecule is [B]c1c(C)c(C)c(C)c([B])c1-c1c(C)c(C)c(C)c(C)c1I. The molecule has 0 nitrogen and oxygen atoms in total. The monoisotopic (exact) mass is 398 g/mol. The van der Waals surface area contributed by atoms with Crippen LogP contribution in [0.1, 0.15) is 38.9 Å². The quantitative estimate of drug-likeness (QED) is 0.508. The molecule has 0 aliphatic rings. The summed E-state index contributed by atoms with van der Waals surface area (Å²) in [6.45, 7) is 15.0. The van der Waals surface area contributed by atoms with E-state index in [2.05, 4.69) is 71.1 Å². The Labute approximate surface area is 151 Å². The van der Waals surface area contributed by atoms with Crippen molar-refractivity contribution in [2.45, 2.75) is 48.5 Å². The van der Waals surface area contributed by atoms with E-state index in [4.69, 9.17) is 15.7 Å². The minimum Gasteiger partial charge on any atom is -0.0864 e. The lowest BCUT2D eigenvalue weighted by atomic mass is 9.70. The Morgan fingerprint density at radius 2 is 0.864 bits per heavy atom. The summed E-state index contributed by atoms with van der Waals surface area (Å²) in [4.78, 5) is 0. The molecule has 2 aromatic rings. The van der Waals surface area contributed by atoms with Gasteiger partial charge in [0.15, 0.2) is 0 Å². The van der Waals surface area contributed by atoms with Crippen molar-refractivity contribution in [2.24, 2.45) is 0 Å². The smallest absolute Gasteiger partial charge is 0.0864 e. The zero-order valence-electron chi connectivity index (χ0n) is 14.5. The van der Waals surface area contributed by atoms with Crippen LogP contribution in [0.5, 0.6) is 0 Å². The molecule has 0 fully saturated rings. The fourth-order valence-electron chi connectivity index (χ4n) is 3.04. The molecule has 2 aromatic carbocycles. The van der Waals surface area contributed by atoms with Crippen LogP contribution >= 0.6 is 22.6 Å². The molecule has 0 saturated carbocycles. The Bertz CT molecular complexity index is 663. The molecule has 0 atom stereocenters. The van der Waals surface area contributed by atoms with Gasteiger partial charge < -0.3 is 0 Å². The van der Waals surface area contributed by atoms with Crippen LogP contribution in [-0.4, -0.2) is 15.7 Å². The first-order valence-electron chi connectivity index (χ1n) is 7.52. The molecule has 0 spiro atoms. The van der Waals surface area contributed by atoms with Crippen molar-refractivity contribution in [2.75, 3.05) is 0 Å². The third kappa shape index (κ3) is 2.46. The fourth-order valence-corrected chi connectivity index (χ4v) is 4.12. The fraction of sp³-hybridized carbons (Fsp3) is 0.368. The van der Waals surface area contributed by atoms with Crippen LogP contribution in [0.2, 0.25) is 0 Å². The summed E-state index contributed by atoms with van der Waals surface area (Å²) in [5.74, 6) is 0. The van der Waals surface area contributed by atoms with Gasteiger partial charge in [-0.2, -0.15) is 0 Å². The maximum absolute atomic E-state index is 6.48. The molecule has 110 valence electrons. The first-order valence-corrected chi connectivity index (χ1v) is 8.60. The van der Waals surface area contributed by atoms with E-state index in [1.165, 1.54) is 37.0 Å². The van der Waals surface area contributed by atoms with Crippen LogP contribution < -0.4 is 10.9 Å². The normalized spacial score (nSPS) is 11.1. The van der Waals surface area contributed by atoms with Crippen molar-refractivity contribution in [3.8, 4) is 11.1 Å². The zero-order valence-corrected chi connectivity index (χ0v) is 16.7. The molecule has 0 unspecified atom stereocenters. The van der Waals surface area contributed by atoms with Crippen LogP contribution in [0.4, 0.5) is 0 Å². The van der Waals surface area contributed by atoms with Crippen LogP contribution in [0, 0.1) is 52.0 Å². The first-order chi connectivity index (χ1) is 10.1. The van der Waals surface area contributed by atoms with E-state index in [-0.39, 0.29) is 0 Å². The van der Waals surface area contributed by atoms with Gasteiger partial charge in [0.25, 0.3) is 0 Å². The molecule has 4 radical (unpaired) electrons. The predicted octanol–water partition coefficient (Wildman–Crippen LogP) is 3.70. The summed E-state index contributed by atoms with van der Waals surface area (Å²) in [7, 11) is 13.0. The largest absolute Gasteiger partial charge is 0.115 e. The molecule has 0 heterocycles. The summed E-state index contributed by atoms with van der Waals surface area (Å²) in [6, 6.07) is 0. The van der Waals surface area contributed by atoms with E-state index in [1.54, 1.807) is 0 Å². The summed E-state index contributed by atoms with van der Waals surface area (Å²) in [5.41, 5.74) is 12.5. The van der Waals surface area contributed by atoms with E-state index < -0.39 is 0 Å². The zero-order chi connectivity index (χ0) is 16.9. The lowest BCUT2D eigenvalue weighted by molar-refractivity contribution is 1.20. The van der Waals surface area contributed by atoms with Gasteiger partial charge in [0.05, 0.1) is 0 Å². The molecular weight excluding hydrogens is 377 g/mol. The Balaban J connectivity index is 3.03. The highest BCUT2D eigenvalue weighted by Gasteiger charge is 2.20. The van der Waals surface area contributed by atoms with Crippen molar-refractivity contribution in [3.05, 3.63) is 42.5 Å². The molecular formula is C19H21B2I. The van der Waals surface area contributed by atoms with Crippen molar-refractivity contribution in [1.82, 2.24) is 0 Å². The standard InChI is InChI=1S/C19H21B2I/c1-8-9(2)14(7)19(22)15(11(8)4)16-17(20)12(5)10(3)13(6)18(16)21/h1-7H3. The van der Waals surface area contributed by atoms with Gasteiger partial charge in [-0.05, 0) is 110 Å². The maximum Gasteiger partial charge on any atom is 0.115 e. The second kappa shape index (κ2) is 6.07. The van der Waals surface area contributed by atoms with E-state index >= 15 is 0 Å². The third-order valence-corrected chi connectivity index (χ3v) is 6.68. The first kappa shape index (κ1) is 17.7. The minimum absolute atomic E-state index is 0.810. The van der Waals surface area contributed by atoms with Crippen molar-refractivity contribution in [1.29, 1.82) is 0 Å². The highest BCUT2D eigenvalue weighted by molar-refractivity contribution is 14.1. The Morgan fingerprint density at radius 1 is 0.500 bits per heavy atom. The molecule has 0 aliphatic carbocycles.